The Hall–Kier alpha value is -2.48. The summed E-state index contributed by atoms with van der Waals surface area (Å²) in [5.41, 5.74) is -0.658. The van der Waals surface area contributed by atoms with Gasteiger partial charge in [-0.25, -0.2) is 4.39 Å². The van der Waals surface area contributed by atoms with Crippen LogP contribution in [0.4, 0.5) is 4.39 Å². The lowest BCUT2D eigenvalue weighted by Crippen LogP contribution is -2.32. The van der Waals surface area contributed by atoms with Crippen molar-refractivity contribution in [2.75, 3.05) is 6.54 Å². The predicted molar refractivity (Wildman–Crippen MR) is 69.7 cm³/mol. The molecule has 0 unspecified atom stereocenters. The minimum absolute atomic E-state index is 0.197. The minimum Gasteiger partial charge on any atom is -0.506 e. The van der Waals surface area contributed by atoms with Crippen molar-refractivity contribution in [1.82, 2.24) is 5.32 Å². The number of fused-ring (bicyclic) bond motifs is 1. The molecule has 1 heterocycles. The van der Waals surface area contributed by atoms with Gasteiger partial charge in [-0.05, 0) is 12.1 Å². The third kappa shape index (κ3) is 2.45. The summed E-state index contributed by atoms with van der Waals surface area (Å²) in [6.45, 7) is -0.711. The maximum Gasteiger partial charge on any atom is 0.322 e. The summed E-state index contributed by atoms with van der Waals surface area (Å²) in [7, 11) is 0. The third-order valence-corrected chi connectivity index (χ3v) is 3.43. The molecule has 3 N–H and O–H groups in total. The Balaban J connectivity index is 2.59. The molecule has 20 heavy (non-hydrogen) atoms. The molecule has 1 aromatic heterocycles. The van der Waals surface area contributed by atoms with Gasteiger partial charge in [0.2, 0.25) is 4.74 Å². The molecule has 0 spiro atoms. The van der Waals surface area contributed by atoms with Gasteiger partial charge < -0.3 is 15.5 Å². The summed E-state index contributed by atoms with van der Waals surface area (Å²) in [6, 6.07) is 3.89. The zero-order valence-corrected chi connectivity index (χ0v) is 10.7. The van der Waals surface area contributed by atoms with Gasteiger partial charge in [0.15, 0.2) is 0 Å². The normalized spacial score (nSPS) is 10.4. The fourth-order valence-electron chi connectivity index (χ4n) is 1.64. The number of carboxylic acid groups (broad SMARTS) is 1. The summed E-state index contributed by atoms with van der Waals surface area (Å²) in [5, 5.41) is 20.1. The molecule has 104 valence electrons. The maximum atomic E-state index is 13.7. The van der Waals surface area contributed by atoms with Gasteiger partial charge in [-0.1, -0.05) is 17.4 Å². The van der Waals surface area contributed by atoms with Crippen molar-refractivity contribution in [2.45, 2.75) is 0 Å². The van der Waals surface area contributed by atoms with Crippen LogP contribution in [0, 0.1) is 5.82 Å². The molecule has 0 bridgehead atoms. The summed E-state index contributed by atoms with van der Waals surface area (Å²) < 4.78 is 13.1. The first-order valence-corrected chi connectivity index (χ1v) is 6.17. The van der Waals surface area contributed by atoms with E-state index in [4.69, 9.17) is 5.11 Å². The highest BCUT2D eigenvalue weighted by Crippen LogP contribution is 2.30. The maximum absolute atomic E-state index is 13.7. The second kappa shape index (κ2) is 5.25. The van der Waals surface area contributed by atoms with Gasteiger partial charge in [-0.2, -0.15) is 0 Å². The van der Waals surface area contributed by atoms with E-state index in [1.165, 1.54) is 12.1 Å². The molecule has 0 fully saturated rings. The average Bonchev–Trinajstić information content (AvgIpc) is 2.35. The lowest BCUT2D eigenvalue weighted by atomic mass is 10.1. The van der Waals surface area contributed by atoms with E-state index in [1.807, 2.05) is 5.32 Å². The first kappa shape index (κ1) is 13.9. The number of aromatic hydroxyl groups is 1. The number of hydrogen-bond acceptors (Lipinski definition) is 5. The molecule has 0 radical (unpaired) electrons. The van der Waals surface area contributed by atoms with Crippen molar-refractivity contribution >= 4 is 33.3 Å². The SMILES string of the molecule is O=C(O)CNC(=O)c1c(O)c2c(F)cccc2sc1=O. The first-order chi connectivity index (χ1) is 9.41. The molecule has 1 aromatic carbocycles. The average molecular weight is 297 g/mol. The predicted octanol–water partition coefficient (Wildman–Crippen LogP) is 0.921. The zero-order chi connectivity index (χ0) is 14.9. The minimum atomic E-state index is -1.30. The number of carbonyl (C=O) groups excluding carboxylic acids is 1. The van der Waals surface area contributed by atoms with Crippen LogP contribution >= 0.6 is 11.3 Å². The molecular weight excluding hydrogens is 289 g/mol. The van der Waals surface area contributed by atoms with E-state index in [2.05, 4.69) is 0 Å². The van der Waals surface area contributed by atoms with Crippen LogP contribution in [-0.4, -0.2) is 28.6 Å². The number of rotatable bonds is 3. The van der Waals surface area contributed by atoms with Crippen molar-refractivity contribution < 1.29 is 24.2 Å². The van der Waals surface area contributed by atoms with E-state index in [0.717, 1.165) is 6.07 Å². The number of halogens is 1. The fourth-order valence-corrected chi connectivity index (χ4v) is 2.57. The van der Waals surface area contributed by atoms with Gasteiger partial charge in [-0.15, -0.1) is 0 Å². The highest BCUT2D eigenvalue weighted by atomic mass is 32.1. The van der Waals surface area contributed by atoms with Crippen molar-refractivity contribution in [2.24, 2.45) is 0 Å². The number of carbonyl (C=O) groups is 2. The van der Waals surface area contributed by atoms with Crippen LogP contribution in [0.15, 0.2) is 23.0 Å². The van der Waals surface area contributed by atoms with E-state index < -0.39 is 40.3 Å². The number of carboxylic acids is 1. The fraction of sp³-hybridized carbons (Fsp3) is 0.0833. The van der Waals surface area contributed by atoms with Gasteiger partial charge in [0.25, 0.3) is 5.91 Å². The molecular formula is C12H8FNO5S. The zero-order valence-electron chi connectivity index (χ0n) is 9.84. The standard InChI is InChI=1S/C12H8FNO5S/c13-5-2-1-3-6-8(5)10(17)9(12(19)20-6)11(18)14-4-7(15)16/h1-3,17H,4H2,(H,14,18)(H,15,16). The molecule has 2 aromatic rings. The number of hydrogen-bond donors (Lipinski definition) is 3. The topological polar surface area (TPSA) is 104 Å². The quantitative estimate of drug-likeness (QED) is 0.781. The second-order valence-electron chi connectivity index (χ2n) is 3.80. The molecule has 1 amide bonds. The number of aliphatic carboxylic acids is 1. The molecule has 0 atom stereocenters. The van der Waals surface area contributed by atoms with E-state index >= 15 is 0 Å². The molecule has 0 aliphatic carbocycles. The van der Waals surface area contributed by atoms with Crippen molar-refractivity contribution in [3.8, 4) is 5.75 Å². The largest absolute Gasteiger partial charge is 0.506 e. The molecule has 0 aliphatic heterocycles. The molecule has 2 rings (SSSR count). The summed E-state index contributed by atoms with van der Waals surface area (Å²) >= 11 is 0.595. The summed E-state index contributed by atoms with van der Waals surface area (Å²) in [4.78, 5) is 33.8. The number of amides is 1. The molecule has 0 saturated carbocycles. The Morgan fingerprint density at radius 1 is 1.35 bits per heavy atom. The van der Waals surface area contributed by atoms with E-state index in [1.54, 1.807) is 0 Å². The van der Waals surface area contributed by atoms with Crippen LogP contribution in [0.25, 0.3) is 10.1 Å². The third-order valence-electron chi connectivity index (χ3n) is 2.48. The van der Waals surface area contributed by atoms with E-state index in [-0.39, 0.29) is 10.1 Å². The number of benzene rings is 1. The van der Waals surface area contributed by atoms with Crippen molar-refractivity contribution in [3.63, 3.8) is 0 Å². The van der Waals surface area contributed by atoms with E-state index in [0.29, 0.717) is 11.3 Å². The van der Waals surface area contributed by atoms with Crippen LogP contribution in [0.3, 0.4) is 0 Å². The van der Waals surface area contributed by atoms with Gasteiger partial charge in [0.1, 0.15) is 23.7 Å². The Bertz CT molecular complexity index is 770. The molecule has 8 heteroatoms. The first-order valence-electron chi connectivity index (χ1n) is 5.36. The molecule has 6 nitrogen and oxygen atoms in total. The molecule has 0 aliphatic rings. The van der Waals surface area contributed by atoms with Gasteiger partial charge in [0.05, 0.1) is 5.39 Å². The monoisotopic (exact) mass is 297 g/mol. The van der Waals surface area contributed by atoms with Crippen molar-refractivity contribution in [1.29, 1.82) is 0 Å². The lowest BCUT2D eigenvalue weighted by Gasteiger charge is -2.07. The van der Waals surface area contributed by atoms with Crippen LogP contribution in [-0.2, 0) is 4.79 Å². The van der Waals surface area contributed by atoms with Gasteiger partial charge >= 0.3 is 5.97 Å². The highest BCUT2D eigenvalue weighted by Gasteiger charge is 2.21. The number of nitrogens with one attached hydrogen (secondary N) is 1. The second-order valence-corrected chi connectivity index (χ2v) is 4.82. The van der Waals surface area contributed by atoms with Gasteiger partial charge in [0, 0.05) is 4.70 Å². The van der Waals surface area contributed by atoms with Gasteiger partial charge in [-0.3, -0.25) is 14.4 Å². The Labute approximate surface area is 115 Å². The molecule has 0 saturated heterocycles. The smallest absolute Gasteiger partial charge is 0.322 e. The van der Waals surface area contributed by atoms with Crippen molar-refractivity contribution in [3.05, 3.63) is 39.1 Å². The highest BCUT2D eigenvalue weighted by molar-refractivity contribution is 7.16. The summed E-state index contributed by atoms with van der Waals surface area (Å²) in [5.74, 6) is -3.93. The summed E-state index contributed by atoms with van der Waals surface area (Å²) in [6.07, 6.45) is 0. The Morgan fingerprint density at radius 3 is 2.70 bits per heavy atom. The van der Waals surface area contributed by atoms with Crippen LogP contribution < -0.4 is 10.1 Å². The Morgan fingerprint density at radius 2 is 2.05 bits per heavy atom. The van der Waals surface area contributed by atoms with Crippen LogP contribution in [0.1, 0.15) is 10.4 Å². The van der Waals surface area contributed by atoms with E-state index in [9.17, 15) is 23.9 Å². The Kier molecular flexibility index (Phi) is 3.66. The van der Waals surface area contributed by atoms with Crippen LogP contribution in [0.2, 0.25) is 0 Å². The van der Waals surface area contributed by atoms with Crippen LogP contribution in [0.5, 0.6) is 5.75 Å². The lowest BCUT2D eigenvalue weighted by molar-refractivity contribution is -0.135.